The first kappa shape index (κ1) is 75.2. The van der Waals surface area contributed by atoms with Crippen molar-refractivity contribution in [2.45, 2.75) is 311 Å². The molecule has 0 bridgehead atoms. The number of unbranched alkanes of at least 4 members (excludes halogenated alkanes) is 25. The van der Waals surface area contributed by atoms with E-state index >= 15 is 0 Å². The third-order valence-corrected chi connectivity index (χ3v) is 14.5. The van der Waals surface area contributed by atoms with Gasteiger partial charge in [-0.05, 0) is 82.5 Å². The molecular weight excluding hydrogens is 997 g/mol. The fourth-order valence-electron chi connectivity index (χ4n) is 9.76. The highest BCUT2D eigenvalue weighted by Crippen LogP contribution is 2.16. The average molecular weight is 1120 g/mol. The van der Waals surface area contributed by atoms with E-state index < -0.39 is 65.8 Å². The van der Waals surface area contributed by atoms with Gasteiger partial charge in [-0.25, -0.2) is 4.79 Å². The summed E-state index contributed by atoms with van der Waals surface area (Å²) in [6.07, 6.45) is 32.7. The zero-order valence-electron chi connectivity index (χ0n) is 52.9. The highest BCUT2D eigenvalue weighted by molar-refractivity contribution is 5.96. The van der Waals surface area contributed by atoms with Crippen molar-refractivity contribution in [2.75, 3.05) is 40.9 Å². The molecule has 0 aromatic rings. The fourth-order valence-corrected chi connectivity index (χ4v) is 9.76. The third kappa shape index (κ3) is 44.6. The smallest absolute Gasteiger partial charge is 0.328 e. The number of hydrogen-bond acceptors (Lipinski definition) is 9. The van der Waals surface area contributed by atoms with Gasteiger partial charge in [0.2, 0.25) is 29.5 Å². The van der Waals surface area contributed by atoms with Crippen LogP contribution >= 0.6 is 0 Å². The van der Waals surface area contributed by atoms with Gasteiger partial charge in [-0.3, -0.25) is 28.8 Å². The number of carbonyl (C=O) groups excluding carboxylic acids is 7. The van der Waals surface area contributed by atoms with Crippen molar-refractivity contribution in [1.82, 2.24) is 26.6 Å². The van der Waals surface area contributed by atoms with Crippen LogP contribution < -0.4 is 26.6 Å². The Bertz CT molecular complexity index is 1620. The van der Waals surface area contributed by atoms with Gasteiger partial charge in [-0.15, -0.1) is 0 Å². The van der Waals surface area contributed by atoms with Crippen molar-refractivity contribution in [2.24, 2.45) is 17.8 Å². The summed E-state index contributed by atoms with van der Waals surface area (Å²) in [6.45, 7) is 19.3. The molecule has 0 fully saturated rings. The summed E-state index contributed by atoms with van der Waals surface area (Å²) in [6, 6.07) is -5.17. The van der Waals surface area contributed by atoms with Crippen molar-refractivity contribution in [3.8, 4) is 0 Å². The van der Waals surface area contributed by atoms with Gasteiger partial charge >= 0.3 is 11.9 Å². The van der Waals surface area contributed by atoms with Gasteiger partial charge in [0, 0.05) is 12.8 Å². The molecule has 15 heteroatoms. The lowest BCUT2D eigenvalue weighted by Gasteiger charge is -2.28. The van der Waals surface area contributed by atoms with Crippen molar-refractivity contribution in [3.63, 3.8) is 0 Å². The van der Waals surface area contributed by atoms with Crippen molar-refractivity contribution >= 4 is 41.5 Å². The molecule has 5 N–H and O–H groups in total. The van der Waals surface area contributed by atoms with E-state index in [0.29, 0.717) is 19.4 Å². The van der Waals surface area contributed by atoms with Gasteiger partial charge in [0.25, 0.3) is 0 Å². The molecule has 0 heterocycles. The van der Waals surface area contributed by atoms with Gasteiger partial charge in [0.1, 0.15) is 30.2 Å². The second-order valence-corrected chi connectivity index (χ2v) is 25.3. The zero-order chi connectivity index (χ0) is 59.3. The van der Waals surface area contributed by atoms with Gasteiger partial charge in [-0.2, -0.15) is 0 Å². The van der Waals surface area contributed by atoms with E-state index in [1.165, 1.54) is 116 Å². The third-order valence-electron chi connectivity index (χ3n) is 14.5. The Morgan fingerprint density at radius 1 is 0.367 bits per heavy atom. The molecule has 0 aliphatic rings. The van der Waals surface area contributed by atoms with Crippen LogP contribution in [0.3, 0.4) is 0 Å². The molecule has 0 unspecified atom stereocenters. The molecule has 5 atom stereocenters. The van der Waals surface area contributed by atoms with Gasteiger partial charge in [0.05, 0.1) is 40.9 Å². The molecule has 462 valence electrons. The first-order chi connectivity index (χ1) is 37.6. The van der Waals surface area contributed by atoms with E-state index in [1.54, 1.807) is 6.92 Å². The maximum absolute atomic E-state index is 14.3. The summed E-state index contributed by atoms with van der Waals surface area (Å²) < 4.78 is 12.3. The summed E-state index contributed by atoms with van der Waals surface area (Å²) in [5, 5.41) is 14.2. The number of ether oxygens (including phenoxy) is 2. The number of amides is 5. The molecular formula is C64H123N6O9+. The van der Waals surface area contributed by atoms with Crippen LogP contribution in [0.5, 0.6) is 0 Å². The number of esters is 2. The van der Waals surface area contributed by atoms with Crippen LogP contribution in [0.4, 0.5) is 0 Å². The van der Waals surface area contributed by atoms with E-state index in [1.807, 2.05) is 41.5 Å². The van der Waals surface area contributed by atoms with Crippen molar-refractivity contribution in [3.05, 3.63) is 0 Å². The van der Waals surface area contributed by atoms with Crippen LogP contribution in [0.1, 0.15) is 281 Å². The fraction of sp³-hybridized carbons (Fsp3) is 0.891. The normalized spacial score (nSPS) is 13.6. The van der Waals surface area contributed by atoms with Crippen LogP contribution in [0, 0.1) is 17.8 Å². The quantitative estimate of drug-likeness (QED) is 0.0223. The average Bonchev–Trinajstić information content (AvgIpc) is 3.37. The van der Waals surface area contributed by atoms with E-state index in [4.69, 9.17) is 9.47 Å². The number of nitrogens with one attached hydrogen (secondary N) is 5. The Labute approximate surface area is 483 Å². The first-order valence-electron chi connectivity index (χ1n) is 32.2. The Hall–Kier alpha value is -3.75. The lowest BCUT2D eigenvalue weighted by molar-refractivity contribution is -0.870. The Morgan fingerprint density at radius 2 is 0.696 bits per heavy atom. The van der Waals surface area contributed by atoms with Crippen LogP contribution in [-0.4, -0.2) is 117 Å². The minimum atomic E-state index is -1.15. The Morgan fingerprint density at radius 3 is 1.08 bits per heavy atom. The molecule has 0 radical (unpaired) electrons. The minimum Gasteiger partial charge on any atom is -0.466 e. The lowest BCUT2D eigenvalue weighted by atomic mass is 9.98. The molecule has 5 amide bonds. The molecule has 0 rings (SSSR count). The van der Waals surface area contributed by atoms with Crippen LogP contribution in [0.15, 0.2) is 0 Å². The van der Waals surface area contributed by atoms with Gasteiger partial charge in [-0.1, -0.05) is 203 Å². The van der Waals surface area contributed by atoms with E-state index in [0.717, 1.165) is 68.7 Å². The van der Waals surface area contributed by atoms with Crippen molar-refractivity contribution in [1.29, 1.82) is 0 Å². The standard InChI is InChI=1S/C64H122N6O9/c1-13-15-17-19-21-23-27-31-35-39-45-78-59(72)43-42-54(64(77)79-46-40-36-32-28-24-22-20-18-16-14-2)66-61(74)56(48-51(5)6)68-63(76)57(49-52(7)8)69-62(75)55(47-50(3)4)67-60(73)53(9)65-58(71)41-37-33-29-25-26-30-34-38-44-70(10,11)12/h50-57H,13-49H2,1-12H3,(H4-,65,66,67,68,69,71,73,74,75,76)/p+1/t53-,54-,55-,56-,57-/m0/s1. The predicted molar refractivity (Wildman–Crippen MR) is 323 cm³/mol. The Balaban J connectivity index is 5.76. The lowest BCUT2D eigenvalue weighted by Crippen LogP contribution is -2.59. The monoisotopic (exact) mass is 1120 g/mol. The predicted octanol–water partition coefficient (Wildman–Crippen LogP) is 12.5. The molecule has 0 saturated carbocycles. The molecule has 15 nitrogen and oxygen atoms in total. The second-order valence-electron chi connectivity index (χ2n) is 25.3. The number of nitrogens with zero attached hydrogens (tertiary/aromatic N) is 1. The zero-order valence-corrected chi connectivity index (χ0v) is 52.9. The SMILES string of the molecule is CCCCCCCCCCCCOC(=O)CC[C@H](NC(=O)[C@H](CC(C)C)NC(=O)[C@H](CC(C)C)NC(=O)[C@H](CC(C)C)NC(=O)[C@H](C)NC(=O)CCCCCCCCCC[N+](C)(C)C)C(=O)OCCCCCCCCCCCC. The largest absolute Gasteiger partial charge is 0.466 e. The van der Waals surface area contributed by atoms with E-state index in [9.17, 15) is 33.6 Å². The molecule has 79 heavy (non-hydrogen) atoms. The maximum Gasteiger partial charge on any atom is 0.328 e. The van der Waals surface area contributed by atoms with Gasteiger partial charge < -0.3 is 40.5 Å². The molecule has 0 saturated heterocycles. The molecule has 0 aromatic carbocycles. The van der Waals surface area contributed by atoms with Crippen LogP contribution in [0.25, 0.3) is 0 Å². The van der Waals surface area contributed by atoms with Crippen LogP contribution in [0.2, 0.25) is 0 Å². The van der Waals surface area contributed by atoms with E-state index in [2.05, 4.69) is 61.6 Å². The summed E-state index contributed by atoms with van der Waals surface area (Å²) >= 11 is 0. The summed E-state index contributed by atoms with van der Waals surface area (Å²) in [5.41, 5.74) is 0. The van der Waals surface area contributed by atoms with Gasteiger partial charge in [0.15, 0.2) is 0 Å². The Kier molecular flexibility index (Phi) is 45.6. The first-order valence-corrected chi connectivity index (χ1v) is 32.2. The highest BCUT2D eigenvalue weighted by Gasteiger charge is 2.33. The topological polar surface area (TPSA) is 198 Å². The molecule has 0 aromatic heterocycles. The number of carbonyl (C=O) groups is 7. The van der Waals surface area contributed by atoms with E-state index in [-0.39, 0.29) is 62.4 Å². The maximum atomic E-state index is 14.3. The summed E-state index contributed by atoms with van der Waals surface area (Å²) in [5.74, 6) is -3.63. The molecule has 0 aliphatic heterocycles. The van der Waals surface area contributed by atoms with Crippen molar-refractivity contribution < 1.29 is 47.5 Å². The second kappa shape index (κ2) is 47.8. The highest BCUT2D eigenvalue weighted by atomic mass is 16.5. The van der Waals surface area contributed by atoms with Crippen LogP contribution in [-0.2, 0) is 43.0 Å². The number of hydrogen-bond donors (Lipinski definition) is 5. The number of quaternary nitrogens is 1. The number of rotatable bonds is 52. The molecule has 0 aliphatic carbocycles. The minimum absolute atomic E-state index is 0.00103. The summed E-state index contributed by atoms with van der Waals surface area (Å²) in [4.78, 5) is 95.6. The summed E-state index contributed by atoms with van der Waals surface area (Å²) in [7, 11) is 6.66. The molecule has 0 spiro atoms.